The predicted octanol–water partition coefficient (Wildman–Crippen LogP) is 3.04. The Morgan fingerprint density at radius 2 is 1.94 bits per heavy atom. The number of hydrogen-bond donors (Lipinski definition) is 1. The lowest BCUT2D eigenvalue weighted by Crippen LogP contribution is -2.47. The number of nitrogens with zero attached hydrogens (tertiary/aromatic N) is 7. The lowest BCUT2D eigenvalue weighted by Gasteiger charge is -2.34. The summed E-state index contributed by atoms with van der Waals surface area (Å²) in [6.45, 7) is 9.10. The molecule has 5 rings (SSSR count). The van der Waals surface area contributed by atoms with E-state index < -0.39 is 0 Å². The van der Waals surface area contributed by atoms with Crippen molar-refractivity contribution in [3.05, 3.63) is 53.3 Å². The highest BCUT2D eigenvalue weighted by molar-refractivity contribution is 5.98. The van der Waals surface area contributed by atoms with Crippen LogP contribution in [0.3, 0.4) is 0 Å². The smallest absolute Gasteiger partial charge is 0.273 e. The number of nitrogens with one attached hydrogen (secondary N) is 1. The molecule has 1 N–H and O–H groups in total. The van der Waals surface area contributed by atoms with Gasteiger partial charge < -0.3 is 15.1 Å². The third-order valence-corrected chi connectivity index (χ3v) is 6.71. The van der Waals surface area contributed by atoms with E-state index in [4.69, 9.17) is 15.2 Å². The first-order chi connectivity index (χ1) is 17.0. The van der Waals surface area contributed by atoms with Gasteiger partial charge in [0.25, 0.3) is 5.91 Å². The lowest BCUT2D eigenvalue weighted by atomic mass is 10.1. The molecule has 0 atom stereocenters. The molecule has 0 bridgehead atoms. The average Bonchev–Trinajstić information content (AvgIpc) is 3.23. The molecule has 0 saturated carbocycles. The van der Waals surface area contributed by atoms with E-state index in [0.717, 1.165) is 54.8 Å². The van der Waals surface area contributed by atoms with Crippen molar-refractivity contribution in [3.8, 4) is 6.07 Å². The van der Waals surface area contributed by atoms with Gasteiger partial charge in [0.2, 0.25) is 5.95 Å². The second kappa shape index (κ2) is 9.84. The van der Waals surface area contributed by atoms with E-state index in [1.807, 2.05) is 43.1 Å². The van der Waals surface area contributed by atoms with E-state index >= 15 is 0 Å². The molecule has 2 aromatic heterocycles. The van der Waals surface area contributed by atoms with Crippen molar-refractivity contribution in [1.82, 2.24) is 24.8 Å². The summed E-state index contributed by atoms with van der Waals surface area (Å²) in [5, 5.41) is 13.4. The van der Waals surface area contributed by atoms with Gasteiger partial charge >= 0.3 is 0 Å². The molecule has 180 valence electrons. The molecule has 4 heterocycles. The fourth-order valence-electron chi connectivity index (χ4n) is 4.66. The maximum atomic E-state index is 13.2. The zero-order chi connectivity index (χ0) is 24.4. The van der Waals surface area contributed by atoms with Crippen LogP contribution in [0, 0.1) is 11.3 Å². The number of aromatic nitrogens is 3. The third-order valence-electron chi connectivity index (χ3n) is 6.71. The Bertz CT molecular complexity index is 1280. The maximum Gasteiger partial charge on any atom is 0.273 e. The number of piperazine rings is 1. The fraction of sp³-hybridized carbons (Fsp3) is 0.423. The van der Waals surface area contributed by atoms with Crippen LogP contribution in [0.1, 0.15) is 41.9 Å². The zero-order valence-electron chi connectivity index (χ0n) is 20.2. The maximum absolute atomic E-state index is 13.2. The Balaban J connectivity index is 1.40. The first-order valence-corrected chi connectivity index (χ1v) is 12.2. The standard InChI is InChI=1S/C26H30N8O/c1-18(2)34-17-21-23(25(34)35)30-26(33-12-10-32(11-13-33)9-5-8-27)31-24(21)29-16-19-14-20-6-3-4-7-22(20)28-15-19/h3-4,6-7,14-15,18H,5,9-13,16-17H2,1-2H3,(H,29,30,31). The Morgan fingerprint density at radius 3 is 2.71 bits per heavy atom. The Kier molecular flexibility index (Phi) is 6.47. The van der Waals surface area contributed by atoms with Crippen molar-refractivity contribution in [3.63, 3.8) is 0 Å². The van der Waals surface area contributed by atoms with E-state index in [2.05, 4.69) is 38.3 Å². The number of carbonyl (C=O) groups is 1. The number of anilines is 2. The van der Waals surface area contributed by atoms with Crippen LogP contribution in [0.2, 0.25) is 0 Å². The third kappa shape index (κ3) is 4.75. The molecular formula is C26H30N8O. The minimum absolute atomic E-state index is 0.0401. The molecule has 2 aliphatic heterocycles. The second-order valence-corrected chi connectivity index (χ2v) is 9.35. The Labute approximate surface area is 205 Å². The SMILES string of the molecule is CC(C)N1Cc2c(NCc3cnc4ccccc4c3)nc(N3CCN(CCC#N)CC3)nc2C1=O. The summed E-state index contributed by atoms with van der Waals surface area (Å²) in [5.74, 6) is 1.25. The monoisotopic (exact) mass is 470 g/mol. The van der Waals surface area contributed by atoms with Crippen LogP contribution in [0.5, 0.6) is 0 Å². The van der Waals surface area contributed by atoms with E-state index in [9.17, 15) is 4.79 Å². The molecule has 2 aliphatic rings. The molecule has 0 radical (unpaired) electrons. The molecule has 0 unspecified atom stereocenters. The van der Waals surface area contributed by atoms with Crippen molar-refractivity contribution in [2.45, 2.75) is 39.4 Å². The fourth-order valence-corrected chi connectivity index (χ4v) is 4.66. The molecule has 9 heteroatoms. The summed E-state index contributed by atoms with van der Waals surface area (Å²) >= 11 is 0. The van der Waals surface area contributed by atoms with Gasteiger partial charge in [-0.1, -0.05) is 18.2 Å². The van der Waals surface area contributed by atoms with Crippen LogP contribution in [-0.4, -0.2) is 69.4 Å². The van der Waals surface area contributed by atoms with Gasteiger partial charge in [0.05, 0.1) is 18.1 Å². The quantitative estimate of drug-likeness (QED) is 0.562. The first-order valence-electron chi connectivity index (χ1n) is 12.2. The van der Waals surface area contributed by atoms with Gasteiger partial charge in [-0.05, 0) is 31.5 Å². The van der Waals surface area contributed by atoms with Gasteiger partial charge in [0, 0.05) is 68.9 Å². The summed E-state index contributed by atoms with van der Waals surface area (Å²) in [6.07, 6.45) is 2.41. The van der Waals surface area contributed by atoms with Crippen molar-refractivity contribution in [1.29, 1.82) is 5.26 Å². The Morgan fingerprint density at radius 1 is 1.14 bits per heavy atom. The molecule has 1 aromatic carbocycles. The zero-order valence-corrected chi connectivity index (χ0v) is 20.2. The van der Waals surface area contributed by atoms with Gasteiger partial charge in [-0.15, -0.1) is 0 Å². The lowest BCUT2D eigenvalue weighted by molar-refractivity contribution is 0.0726. The van der Waals surface area contributed by atoms with E-state index in [1.165, 1.54) is 0 Å². The number of amides is 1. The molecule has 3 aromatic rings. The molecule has 1 saturated heterocycles. The molecule has 35 heavy (non-hydrogen) atoms. The second-order valence-electron chi connectivity index (χ2n) is 9.35. The summed E-state index contributed by atoms with van der Waals surface area (Å²) in [5.41, 5.74) is 3.37. The van der Waals surface area contributed by atoms with Crippen LogP contribution in [0.25, 0.3) is 10.9 Å². The molecule has 0 spiro atoms. The number of fused-ring (bicyclic) bond motifs is 2. The number of para-hydroxylation sites is 1. The molecular weight excluding hydrogens is 440 g/mol. The number of hydrogen-bond acceptors (Lipinski definition) is 8. The molecule has 9 nitrogen and oxygen atoms in total. The van der Waals surface area contributed by atoms with E-state index in [1.54, 1.807) is 0 Å². The number of pyridine rings is 1. The minimum Gasteiger partial charge on any atom is -0.365 e. The normalized spacial score (nSPS) is 16.1. The van der Waals surface area contributed by atoms with E-state index in [-0.39, 0.29) is 11.9 Å². The molecule has 0 aliphatic carbocycles. The first kappa shape index (κ1) is 23.0. The number of carbonyl (C=O) groups excluding carboxylic acids is 1. The van der Waals surface area contributed by atoms with Gasteiger partial charge in [-0.2, -0.15) is 10.2 Å². The summed E-state index contributed by atoms with van der Waals surface area (Å²) < 4.78 is 0. The largest absolute Gasteiger partial charge is 0.365 e. The highest BCUT2D eigenvalue weighted by atomic mass is 16.2. The van der Waals surface area contributed by atoms with Crippen molar-refractivity contribution >= 4 is 28.6 Å². The molecule has 1 fully saturated rings. The van der Waals surface area contributed by atoms with E-state index in [0.29, 0.717) is 37.0 Å². The number of benzene rings is 1. The van der Waals surface area contributed by atoms with Crippen molar-refractivity contribution in [2.75, 3.05) is 42.9 Å². The summed E-state index contributed by atoms with van der Waals surface area (Å²) in [6, 6.07) is 12.5. The predicted molar refractivity (Wildman–Crippen MR) is 135 cm³/mol. The Hall–Kier alpha value is -3.77. The van der Waals surface area contributed by atoms with Crippen LogP contribution < -0.4 is 10.2 Å². The van der Waals surface area contributed by atoms with Crippen LogP contribution in [-0.2, 0) is 13.1 Å². The van der Waals surface area contributed by atoms with Crippen LogP contribution in [0.4, 0.5) is 11.8 Å². The van der Waals surface area contributed by atoms with Crippen LogP contribution in [0.15, 0.2) is 36.5 Å². The molecule has 1 amide bonds. The number of nitriles is 1. The average molecular weight is 471 g/mol. The van der Waals surface area contributed by atoms with Gasteiger partial charge in [0.1, 0.15) is 11.5 Å². The van der Waals surface area contributed by atoms with Gasteiger partial charge in [-0.3, -0.25) is 14.7 Å². The minimum atomic E-state index is -0.0401. The number of rotatable bonds is 7. The summed E-state index contributed by atoms with van der Waals surface area (Å²) in [7, 11) is 0. The summed E-state index contributed by atoms with van der Waals surface area (Å²) in [4.78, 5) is 33.6. The topological polar surface area (TPSA) is 101 Å². The van der Waals surface area contributed by atoms with Crippen molar-refractivity contribution < 1.29 is 4.79 Å². The van der Waals surface area contributed by atoms with Gasteiger partial charge in [-0.25, -0.2) is 4.98 Å². The highest BCUT2D eigenvalue weighted by Crippen LogP contribution is 2.31. The van der Waals surface area contributed by atoms with Crippen LogP contribution >= 0.6 is 0 Å². The van der Waals surface area contributed by atoms with Crippen molar-refractivity contribution in [2.24, 2.45) is 0 Å². The highest BCUT2D eigenvalue weighted by Gasteiger charge is 2.35. The van der Waals surface area contributed by atoms with Gasteiger partial charge in [0.15, 0.2) is 0 Å².